The molecule has 1 aromatic heterocycles. The maximum atomic E-state index is 5.70. The van der Waals surface area contributed by atoms with Gasteiger partial charge in [-0.25, -0.2) is 4.98 Å². The molecule has 1 saturated heterocycles. The lowest BCUT2D eigenvalue weighted by atomic mass is 10.0. The Balaban J connectivity index is 1.04. The lowest BCUT2D eigenvalue weighted by molar-refractivity contribution is 0.171. The van der Waals surface area contributed by atoms with Gasteiger partial charge in [0.2, 0.25) is 0 Å². The van der Waals surface area contributed by atoms with Crippen LogP contribution >= 0.6 is 11.8 Å². The van der Waals surface area contributed by atoms with Gasteiger partial charge in [0, 0.05) is 31.0 Å². The number of ether oxygens (including phenoxy) is 3. The van der Waals surface area contributed by atoms with E-state index in [1.54, 1.807) is 18.9 Å². The molecular formula is C25H30N4O3S. The van der Waals surface area contributed by atoms with Gasteiger partial charge in [-0.1, -0.05) is 6.07 Å². The summed E-state index contributed by atoms with van der Waals surface area (Å²) in [6.45, 7) is 5.44. The van der Waals surface area contributed by atoms with E-state index in [0.29, 0.717) is 19.3 Å². The summed E-state index contributed by atoms with van der Waals surface area (Å²) >= 11 is 1.77. The fraction of sp³-hybridized carbons (Fsp3) is 0.440. The highest BCUT2D eigenvalue weighted by molar-refractivity contribution is 7.99. The van der Waals surface area contributed by atoms with E-state index in [1.165, 1.54) is 18.4 Å². The van der Waals surface area contributed by atoms with E-state index < -0.39 is 0 Å². The van der Waals surface area contributed by atoms with Gasteiger partial charge in [0.15, 0.2) is 11.5 Å². The molecule has 0 radical (unpaired) electrons. The van der Waals surface area contributed by atoms with Gasteiger partial charge in [-0.2, -0.15) is 0 Å². The fourth-order valence-electron chi connectivity index (χ4n) is 4.27. The van der Waals surface area contributed by atoms with Gasteiger partial charge < -0.3 is 24.4 Å². The summed E-state index contributed by atoms with van der Waals surface area (Å²) in [4.78, 5) is 11.8. The van der Waals surface area contributed by atoms with E-state index in [2.05, 4.69) is 27.3 Å². The standard InChI is InChI=1S/C25H30N4O3S/c1-30-20-3-4-21-22(15-20)28-25(17-27-21)33-13-10-29-8-6-19(7-9-29)26-16-18-2-5-23-24(14-18)32-12-11-31-23/h2-5,14-15,17,19,26H,6-13,16H2,1H3. The van der Waals surface area contributed by atoms with Gasteiger partial charge >= 0.3 is 0 Å². The molecule has 1 fully saturated rings. The molecule has 0 atom stereocenters. The van der Waals surface area contributed by atoms with E-state index in [9.17, 15) is 0 Å². The zero-order chi connectivity index (χ0) is 22.5. The molecule has 3 aromatic rings. The zero-order valence-electron chi connectivity index (χ0n) is 19.0. The second-order valence-electron chi connectivity index (χ2n) is 8.39. The quantitative estimate of drug-likeness (QED) is 0.504. The average molecular weight is 467 g/mol. The van der Waals surface area contributed by atoms with Crippen molar-refractivity contribution in [3.05, 3.63) is 48.2 Å². The summed E-state index contributed by atoms with van der Waals surface area (Å²) in [6, 6.07) is 12.6. The molecule has 0 saturated carbocycles. The van der Waals surface area contributed by atoms with Crippen LogP contribution in [-0.2, 0) is 6.54 Å². The van der Waals surface area contributed by atoms with Gasteiger partial charge in [-0.15, -0.1) is 11.8 Å². The topological polar surface area (TPSA) is 68.7 Å². The summed E-state index contributed by atoms with van der Waals surface area (Å²) in [5.41, 5.74) is 3.02. The first-order valence-electron chi connectivity index (χ1n) is 11.5. The number of methoxy groups -OCH3 is 1. The Kier molecular flexibility index (Phi) is 7.14. The molecule has 0 aliphatic carbocycles. The van der Waals surface area contributed by atoms with Crippen molar-refractivity contribution in [1.82, 2.24) is 20.2 Å². The van der Waals surface area contributed by atoms with Crippen molar-refractivity contribution in [2.45, 2.75) is 30.5 Å². The predicted octanol–water partition coefficient (Wildman–Crippen LogP) is 3.76. The minimum Gasteiger partial charge on any atom is -0.497 e. The third-order valence-electron chi connectivity index (χ3n) is 6.17. The fourth-order valence-corrected chi connectivity index (χ4v) is 5.12. The third kappa shape index (κ3) is 5.69. The molecule has 33 heavy (non-hydrogen) atoms. The summed E-state index contributed by atoms with van der Waals surface area (Å²) in [5.74, 6) is 3.54. The van der Waals surface area contributed by atoms with Crippen molar-refractivity contribution in [3.63, 3.8) is 0 Å². The van der Waals surface area contributed by atoms with Gasteiger partial charge in [0.25, 0.3) is 0 Å². The van der Waals surface area contributed by atoms with Gasteiger partial charge in [-0.05, 0) is 55.8 Å². The molecule has 7 nitrogen and oxygen atoms in total. The first-order valence-corrected chi connectivity index (χ1v) is 12.5. The predicted molar refractivity (Wildman–Crippen MR) is 131 cm³/mol. The van der Waals surface area contributed by atoms with Crippen molar-refractivity contribution in [2.24, 2.45) is 0 Å². The Morgan fingerprint density at radius 2 is 1.91 bits per heavy atom. The molecule has 8 heteroatoms. The number of nitrogens with zero attached hydrogens (tertiary/aromatic N) is 3. The number of hydrogen-bond donors (Lipinski definition) is 1. The second kappa shape index (κ2) is 10.6. The number of fused-ring (bicyclic) bond motifs is 2. The van der Waals surface area contributed by atoms with E-state index in [-0.39, 0.29) is 0 Å². The van der Waals surface area contributed by atoms with Crippen molar-refractivity contribution in [1.29, 1.82) is 0 Å². The largest absolute Gasteiger partial charge is 0.497 e. The summed E-state index contributed by atoms with van der Waals surface area (Å²) in [5, 5.41) is 4.68. The molecule has 2 aliphatic rings. The van der Waals surface area contributed by atoms with Crippen LogP contribution in [0.3, 0.4) is 0 Å². The Morgan fingerprint density at radius 3 is 2.76 bits per heavy atom. The number of rotatable bonds is 8. The van der Waals surface area contributed by atoms with Crippen molar-refractivity contribution in [2.75, 3.05) is 45.7 Å². The van der Waals surface area contributed by atoms with Crippen molar-refractivity contribution < 1.29 is 14.2 Å². The molecular weight excluding hydrogens is 436 g/mol. The number of piperidine rings is 1. The van der Waals surface area contributed by atoms with Gasteiger partial charge in [-0.3, -0.25) is 4.98 Å². The van der Waals surface area contributed by atoms with Gasteiger partial charge in [0.05, 0.1) is 24.3 Å². The lowest BCUT2D eigenvalue weighted by Crippen LogP contribution is -2.42. The number of nitrogens with one attached hydrogen (secondary N) is 1. The van der Waals surface area contributed by atoms with Gasteiger partial charge in [0.1, 0.15) is 24.0 Å². The van der Waals surface area contributed by atoms with E-state index in [1.807, 2.05) is 30.5 Å². The molecule has 174 valence electrons. The number of thioether (sulfide) groups is 1. The Labute approximate surface area is 198 Å². The number of likely N-dealkylation sites (tertiary alicyclic amines) is 1. The number of benzene rings is 2. The minimum atomic E-state index is 0.559. The monoisotopic (exact) mass is 466 g/mol. The molecule has 3 heterocycles. The van der Waals surface area contributed by atoms with E-state index in [0.717, 1.165) is 65.2 Å². The molecule has 0 bridgehead atoms. The van der Waals surface area contributed by atoms with Crippen LogP contribution in [0.1, 0.15) is 18.4 Å². The lowest BCUT2D eigenvalue weighted by Gasteiger charge is -2.32. The summed E-state index contributed by atoms with van der Waals surface area (Å²) < 4.78 is 16.6. The highest BCUT2D eigenvalue weighted by Gasteiger charge is 2.19. The highest BCUT2D eigenvalue weighted by atomic mass is 32.2. The van der Waals surface area contributed by atoms with Crippen LogP contribution in [0, 0.1) is 0 Å². The summed E-state index contributed by atoms with van der Waals surface area (Å²) in [6.07, 6.45) is 4.21. The zero-order valence-corrected chi connectivity index (χ0v) is 19.8. The molecule has 2 aliphatic heterocycles. The van der Waals surface area contributed by atoms with Crippen molar-refractivity contribution in [3.8, 4) is 17.2 Å². The smallest absolute Gasteiger partial charge is 0.161 e. The van der Waals surface area contributed by atoms with E-state index in [4.69, 9.17) is 19.2 Å². The average Bonchev–Trinajstić information content (AvgIpc) is 2.87. The Bertz CT molecular complexity index is 1090. The molecule has 0 unspecified atom stereocenters. The first kappa shape index (κ1) is 22.3. The van der Waals surface area contributed by atoms with Crippen LogP contribution in [0.4, 0.5) is 0 Å². The molecule has 5 rings (SSSR count). The Morgan fingerprint density at radius 1 is 1.06 bits per heavy atom. The van der Waals surface area contributed by atoms with Crippen LogP contribution in [0.5, 0.6) is 17.2 Å². The number of aromatic nitrogens is 2. The van der Waals surface area contributed by atoms with Crippen LogP contribution in [0.15, 0.2) is 47.6 Å². The molecule has 0 spiro atoms. The Hall–Kier alpha value is -2.55. The maximum absolute atomic E-state index is 5.70. The maximum Gasteiger partial charge on any atom is 0.161 e. The molecule has 0 amide bonds. The second-order valence-corrected chi connectivity index (χ2v) is 9.50. The summed E-state index contributed by atoms with van der Waals surface area (Å²) in [7, 11) is 1.67. The van der Waals surface area contributed by atoms with Crippen LogP contribution in [0.2, 0.25) is 0 Å². The third-order valence-corrected chi connectivity index (χ3v) is 7.05. The van der Waals surface area contributed by atoms with Crippen LogP contribution in [-0.4, -0.2) is 66.6 Å². The van der Waals surface area contributed by atoms with Crippen LogP contribution in [0.25, 0.3) is 11.0 Å². The van der Waals surface area contributed by atoms with Crippen molar-refractivity contribution >= 4 is 22.8 Å². The van der Waals surface area contributed by atoms with E-state index >= 15 is 0 Å². The minimum absolute atomic E-state index is 0.559. The first-order chi connectivity index (χ1) is 16.3. The van der Waals surface area contributed by atoms with Crippen LogP contribution < -0.4 is 19.5 Å². The number of hydrogen-bond acceptors (Lipinski definition) is 8. The highest BCUT2D eigenvalue weighted by Crippen LogP contribution is 2.30. The molecule has 2 aromatic carbocycles. The SMILES string of the molecule is COc1ccc2ncc(SCCN3CCC(NCc4ccc5c(c4)OCCO5)CC3)nc2c1. The normalized spacial score (nSPS) is 16.8. The molecule has 1 N–H and O–H groups in total.